The molecule has 7 heteroatoms. The first-order valence-electron chi connectivity index (χ1n) is 13.0. The molecule has 36 heavy (non-hydrogen) atoms. The normalized spacial score (nSPS) is 21.1. The number of amides is 2. The van der Waals surface area contributed by atoms with Crippen LogP contribution in [0.2, 0.25) is 0 Å². The number of hydrogen-bond acceptors (Lipinski definition) is 5. The molecule has 3 atom stereocenters. The highest BCUT2D eigenvalue weighted by atomic mass is 16.5. The zero-order valence-electron chi connectivity index (χ0n) is 21.7. The number of benzene rings is 2. The van der Waals surface area contributed by atoms with Crippen LogP contribution in [0.25, 0.3) is 0 Å². The van der Waals surface area contributed by atoms with Crippen molar-refractivity contribution >= 4 is 17.5 Å². The third kappa shape index (κ3) is 7.08. The summed E-state index contributed by atoms with van der Waals surface area (Å²) in [5.74, 6) is 1.39. The fourth-order valence-electron chi connectivity index (χ4n) is 4.83. The Morgan fingerprint density at radius 2 is 1.94 bits per heavy atom. The third-order valence-corrected chi connectivity index (χ3v) is 7.17. The number of rotatable bonds is 9. The second kappa shape index (κ2) is 11.9. The molecule has 1 saturated carbocycles. The molecule has 1 fully saturated rings. The van der Waals surface area contributed by atoms with Crippen molar-refractivity contribution in [3.05, 3.63) is 59.7 Å². The monoisotopic (exact) mass is 493 g/mol. The van der Waals surface area contributed by atoms with E-state index in [0.717, 1.165) is 30.1 Å². The quantitative estimate of drug-likeness (QED) is 0.560. The zero-order chi connectivity index (χ0) is 25.7. The number of carbonyl (C=O) groups is 2. The molecule has 2 aromatic rings. The fraction of sp³-hybridized carbons (Fsp3) is 0.517. The second-order valence-electron chi connectivity index (χ2n) is 10.6. The van der Waals surface area contributed by atoms with Gasteiger partial charge in [-0.05, 0) is 56.5 Å². The van der Waals surface area contributed by atoms with E-state index in [-0.39, 0.29) is 49.3 Å². The second-order valence-corrected chi connectivity index (χ2v) is 10.6. The number of ether oxygens (including phenoxy) is 1. The number of anilines is 1. The molecule has 1 aliphatic carbocycles. The minimum atomic E-state index is -0.278. The van der Waals surface area contributed by atoms with Crippen LogP contribution in [0.4, 0.5) is 5.69 Å². The molecule has 0 unspecified atom stereocenters. The smallest absolute Gasteiger partial charge is 0.228 e. The van der Waals surface area contributed by atoms with E-state index in [1.54, 1.807) is 4.90 Å². The summed E-state index contributed by atoms with van der Waals surface area (Å²) < 4.78 is 6.57. The molecular weight excluding hydrogens is 454 g/mol. The molecule has 4 rings (SSSR count). The van der Waals surface area contributed by atoms with Crippen LogP contribution in [0.3, 0.4) is 0 Å². The average molecular weight is 494 g/mol. The maximum absolute atomic E-state index is 13.3. The van der Waals surface area contributed by atoms with Gasteiger partial charge in [0.15, 0.2) is 0 Å². The Morgan fingerprint density at radius 1 is 1.19 bits per heavy atom. The van der Waals surface area contributed by atoms with Crippen LogP contribution in [0, 0.1) is 11.8 Å². The van der Waals surface area contributed by atoms with E-state index >= 15 is 0 Å². The van der Waals surface area contributed by atoms with E-state index in [4.69, 9.17) is 4.74 Å². The Kier molecular flexibility index (Phi) is 8.64. The van der Waals surface area contributed by atoms with Crippen molar-refractivity contribution in [1.82, 2.24) is 9.80 Å². The van der Waals surface area contributed by atoms with Gasteiger partial charge >= 0.3 is 0 Å². The summed E-state index contributed by atoms with van der Waals surface area (Å²) in [6, 6.07) is 14.9. The predicted octanol–water partition coefficient (Wildman–Crippen LogP) is 3.36. The highest BCUT2D eigenvalue weighted by molar-refractivity contribution is 5.92. The first-order chi connectivity index (χ1) is 17.3. The fourth-order valence-corrected chi connectivity index (χ4v) is 4.83. The zero-order valence-corrected chi connectivity index (χ0v) is 21.7. The van der Waals surface area contributed by atoms with Crippen LogP contribution in [0.5, 0.6) is 5.75 Å². The molecule has 2 amide bonds. The maximum Gasteiger partial charge on any atom is 0.228 e. The molecule has 1 heterocycles. The van der Waals surface area contributed by atoms with Crippen LogP contribution < -0.4 is 10.1 Å². The lowest BCUT2D eigenvalue weighted by molar-refractivity contribution is -0.134. The van der Waals surface area contributed by atoms with E-state index < -0.39 is 0 Å². The summed E-state index contributed by atoms with van der Waals surface area (Å²) in [6.07, 6.45) is 2.92. The van der Waals surface area contributed by atoms with Crippen molar-refractivity contribution in [2.24, 2.45) is 11.8 Å². The molecule has 0 radical (unpaired) electrons. The minimum Gasteiger partial charge on any atom is -0.488 e. The Bertz CT molecular complexity index is 1040. The number of nitrogens with one attached hydrogen (secondary N) is 1. The molecule has 194 valence electrons. The Hall–Kier alpha value is -2.90. The standard InChI is InChI=1S/C29H39N3O4/c1-20-16-32(21(2)19-33)29(35)15-24-14-25(30-28(34)13-22-7-5-4-6-8-22)11-12-26(24)36-27(20)18-31(3)17-23-9-10-23/h4-8,11-12,14,20-21,23,27,33H,9-10,13,15-19H2,1-3H3,(H,30,34)/t20-,21+,27-/m1/s1. The van der Waals surface area contributed by atoms with Gasteiger partial charge in [0.2, 0.25) is 11.8 Å². The molecule has 2 aliphatic rings. The van der Waals surface area contributed by atoms with Gasteiger partial charge in [0.1, 0.15) is 11.9 Å². The van der Waals surface area contributed by atoms with E-state index in [0.29, 0.717) is 18.0 Å². The van der Waals surface area contributed by atoms with Gasteiger partial charge in [-0.2, -0.15) is 0 Å². The summed E-state index contributed by atoms with van der Waals surface area (Å²) >= 11 is 0. The van der Waals surface area contributed by atoms with Crippen molar-refractivity contribution in [3.63, 3.8) is 0 Å². The molecule has 0 saturated heterocycles. The SMILES string of the molecule is C[C@@H]1CN([C@@H](C)CO)C(=O)Cc2cc(NC(=O)Cc3ccccc3)ccc2O[C@@H]1CN(C)CC1CC1. The topological polar surface area (TPSA) is 82.1 Å². The summed E-state index contributed by atoms with van der Waals surface area (Å²) in [5.41, 5.74) is 2.33. The largest absolute Gasteiger partial charge is 0.488 e. The van der Waals surface area contributed by atoms with Gasteiger partial charge in [-0.3, -0.25) is 9.59 Å². The molecule has 2 aromatic carbocycles. The van der Waals surface area contributed by atoms with Gasteiger partial charge in [0.25, 0.3) is 0 Å². The Morgan fingerprint density at radius 3 is 2.64 bits per heavy atom. The number of hydrogen-bond donors (Lipinski definition) is 2. The molecular formula is C29H39N3O4. The van der Waals surface area contributed by atoms with Crippen molar-refractivity contribution < 1.29 is 19.4 Å². The van der Waals surface area contributed by atoms with Gasteiger partial charge in [-0.25, -0.2) is 0 Å². The number of likely N-dealkylation sites (N-methyl/N-ethyl adjacent to an activating group) is 1. The highest BCUT2D eigenvalue weighted by Gasteiger charge is 2.32. The predicted molar refractivity (Wildman–Crippen MR) is 141 cm³/mol. The van der Waals surface area contributed by atoms with Crippen LogP contribution >= 0.6 is 0 Å². The average Bonchev–Trinajstić information content (AvgIpc) is 3.66. The van der Waals surface area contributed by atoms with E-state index in [1.165, 1.54) is 12.8 Å². The molecule has 0 bridgehead atoms. The number of nitrogens with zero attached hydrogens (tertiary/aromatic N) is 2. The van der Waals surface area contributed by atoms with Crippen LogP contribution in [0.15, 0.2) is 48.5 Å². The highest BCUT2D eigenvalue weighted by Crippen LogP contribution is 2.31. The van der Waals surface area contributed by atoms with Crippen LogP contribution in [0.1, 0.15) is 37.8 Å². The van der Waals surface area contributed by atoms with Crippen molar-refractivity contribution in [1.29, 1.82) is 0 Å². The van der Waals surface area contributed by atoms with Crippen molar-refractivity contribution in [2.75, 3.05) is 38.6 Å². The first-order valence-corrected chi connectivity index (χ1v) is 13.0. The van der Waals surface area contributed by atoms with Crippen LogP contribution in [-0.2, 0) is 22.4 Å². The third-order valence-electron chi connectivity index (χ3n) is 7.17. The minimum absolute atomic E-state index is 0.0482. The lowest BCUT2D eigenvalue weighted by Crippen LogP contribution is -2.47. The molecule has 0 aromatic heterocycles. The van der Waals surface area contributed by atoms with E-state index in [1.807, 2.05) is 55.5 Å². The van der Waals surface area contributed by atoms with Crippen molar-refractivity contribution in [2.45, 2.75) is 51.7 Å². The van der Waals surface area contributed by atoms with Gasteiger partial charge in [0.05, 0.1) is 25.5 Å². The lowest BCUT2D eigenvalue weighted by Gasteiger charge is -2.34. The Balaban J connectivity index is 1.55. The molecule has 7 nitrogen and oxygen atoms in total. The summed E-state index contributed by atoms with van der Waals surface area (Å²) in [5, 5.41) is 12.8. The van der Waals surface area contributed by atoms with Gasteiger partial charge in [0, 0.05) is 36.8 Å². The number of fused-ring (bicyclic) bond motifs is 1. The maximum atomic E-state index is 13.3. The van der Waals surface area contributed by atoms with Gasteiger partial charge in [-0.15, -0.1) is 0 Å². The summed E-state index contributed by atoms with van der Waals surface area (Å²) in [7, 11) is 2.13. The summed E-state index contributed by atoms with van der Waals surface area (Å²) in [4.78, 5) is 30.1. The number of aliphatic hydroxyl groups is 1. The first kappa shape index (κ1) is 26.2. The summed E-state index contributed by atoms with van der Waals surface area (Å²) in [6.45, 7) is 6.25. The Labute approximate surface area is 214 Å². The van der Waals surface area contributed by atoms with E-state index in [2.05, 4.69) is 24.2 Å². The lowest BCUT2D eigenvalue weighted by atomic mass is 10.0. The van der Waals surface area contributed by atoms with E-state index in [9.17, 15) is 14.7 Å². The number of carbonyl (C=O) groups excluding carboxylic acids is 2. The molecule has 1 aliphatic heterocycles. The molecule has 0 spiro atoms. The molecule has 2 N–H and O–H groups in total. The van der Waals surface area contributed by atoms with Gasteiger partial charge < -0.3 is 25.0 Å². The number of aliphatic hydroxyl groups excluding tert-OH is 1. The van der Waals surface area contributed by atoms with Gasteiger partial charge in [-0.1, -0.05) is 37.3 Å². The van der Waals surface area contributed by atoms with Crippen LogP contribution in [-0.4, -0.2) is 72.2 Å². The van der Waals surface area contributed by atoms with Crippen molar-refractivity contribution in [3.8, 4) is 5.75 Å².